The van der Waals surface area contributed by atoms with Crippen LogP contribution in [0.3, 0.4) is 0 Å². The average Bonchev–Trinajstić information content (AvgIpc) is 2.43. The molecule has 4 nitrogen and oxygen atoms in total. The van der Waals surface area contributed by atoms with Crippen LogP contribution in [0.5, 0.6) is 0 Å². The van der Waals surface area contributed by atoms with Gasteiger partial charge < -0.3 is 9.66 Å². The van der Waals surface area contributed by atoms with Crippen LogP contribution in [-0.2, 0) is 10.1 Å². The fraction of sp³-hybridized carbons (Fsp3) is 1.00. The molecule has 0 saturated carbocycles. The Bertz CT molecular complexity index is 347. The quantitative estimate of drug-likeness (QED) is 0.267. The van der Waals surface area contributed by atoms with Crippen molar-refractivity contribution in [2.45, 2.75) is 109 Å². The van der Waals surface area contributed by atoms with Crippen molar-refractivity contribution >= 4 is 10.1 Å². The monoisotopic (exact) mass is 374 g/mol. The fourth-order valence-electron chi connectivity index (χ4n) is 2.81. The minimum absolute atomic E-state index is 0. The first-order valence-corrected chi connectivity index (χ1v) is 10.5. The summed E-state index contributed by atoms with van der Waals surface area (Å²) in [5, 5.41) is 8.91. The zero-order valence-electron chi connectivity index (χ0n) is 15.4. The van der Waals surface area contributed by atoms with Gasteiger partial charge in [0.2, 0.25) is 0 Å². The van der Waals surface area contributed by atoms with E-state index in [1.165, 1.54) is 6.42 Å². The Hall–Kier alpha value is 1.51. The van der Waals surface area contributed by atoms with Crippen LogP contribution in [0.4, 0.5) is 0 Å². The van der Waals surface area contributed by atoms with Crippen molar-refractivity contribution in [1.29, 1.82) is 0 Å². The van der Waals surface area contributed by atoms with Gasteiger partial charge in [0, 0.05) is 5.25 Å². The van der Waals surface area contributed by atoms with E-state index in [4.69, 9.17) is 0 Å². The molecule has 0 rings (SSSR count). The summed E-state index contributed by atoms with van der Waals surface area (Å²) in [6.07, 6.45) is 11.2. The number of aliphatic hydroxyl groups is 1. The number of rotatable bonds is 15. The van der Waals surface area contributed by atoms with E-state index in [9.17, 15) is 18.1 Å². The molecular formula is C17H35KO4S. The van der Waals surface area contributed by atoms with Gasteiger partial charge in [-0.25, -0.2) is 8.42 Å². The largest absolute Gasteiger partial charge is 1.00 e. The molecule has 134 valence electrons. The molecule has 23 heavy (non-hydrogen) atoms. The molecule has 1 N–H and O–H groups in total. The Labute approximate surface area is 186 Å². The van der Waals surface area contributed by atoms with Gasteiger partial charge >= 0.3 is 51.4 Å². The van der Waals surface area contributed by atoms with Crippen LogP contribution in [0.15, 0.2) is 0 Å². The van der Waals surface area contributed by atoms with Crippen LogP contribution in [0, 0.1) is 0 Å². The molecule has 0 aliphatic heterocycles. The molecule has 0 aromatic rings. The van der Waals surface area contributed by atoms with Gasteiger partial charge in [0.15, 0.2) is 0 Å². The second-order valence-electron chi connectivity index (χ2n) is 6.40. The van der Waals surface area contributed by atoms with Gasteiger partial charge in [0.25, 0.3) is 0 Å². The van der Waals surface area contributed by atoms with Crippen LogP contribution in [-0.4, -0.2) is 29.4 Å². The summed E-state index contributed by atoms with van der Waals surface area (Å²) in [4.78, 5) is 0. The van der Waals surface area contributed by atoms with E-state index in [2.05, 4.69) is 6.92 Å². The molecular weight excluding hydrogens is 339 g/mol. The molecule has 0 radical (unpaired) electrons. The molecule has 0 aromatic carbocycles. The third-order valence-corrected chi connectivity index (χ3v) is 5.51. The Kier molecular flexibility index (Phi) is 19.7. The summed E-state index contributed by atoms with van der Waals surface area (Å²) in [7, 11) is -4.17. The van der Waals surface area contributed by atoms with Crippen molar-refractivity contribution < 1.29 is 69.5 Å². The van der Waals surface area contributed by atoms with E-state index in [0.717, 1.165) is 64.2 Å². The smallest absolute Gasteiger partial charge is 0.748 e. The summed E-state index contributed by atoms with van der Waals surface area (Å²) < 4.78 is 33.9. The standard InChI is InChI=1S/C17H36O4S.K/c1-3-5-6-7-10-14-17(22(19,20)21)15-11-8-9-13-16(18)12-4-2;/h16-18H,3-15H2,1-2H3,(H,19,20,21);/q;+1/p-1. The first kappa shape index (κ1) is 26.7. The third kappa shape index (κ3) is 16.7. The van der Waals surface area contributed by atoms with Gasteiger partial charge in [-0.3, -0.25) is 0 Å². The molecule has 0 fully saturated rings. The van der Waals surface area contributed by atoms with Crippen molar-refractivity contribution in [3.63, 3.8) is 0 Å². The van der Waals surface area contributed by atoms with E-state index >= 15 is 0 Å². The van der Waals surface area contributed by atoms with Gasteiger partial charge in [-0.15, -0.1) is 0 Å². The Morgan fingerprint density at radius 3 is 1.74 bits per heavy atom. The van der Waals surface area contributed by atoms with E-state index in [1.54, 1.807) is 0 Å². The molecule has 0 amide bonds. The molecule has 0 bridgehead atoms. The summed E-state index contributed by atoms with van der Waals surface area (Å²) in [6, 6.07) is 0. The number of aliphatic hydroxyl groups excluding tert-OH is 1. The number of hydrogen-bond acceptors (Lipinski definition) is 4. The van der Waals surface area contributed by atoms with Gasteiger partial charge in [0.05, 0.1) is 16.2 Å². The summed E-state index contributed by atoms with van der Waals surface area (Å²) >= 11 is 0. The zero-order valence-corrected chi connectivity index (χ0v) is 19.4. The summed E-state index contributed by atoms with van der Waals surface area (Å²) in [6.45, 7) is 4.19. The Balaban J connectivity index is 0. The van der Waals surface area contributed by atoms with Gasteiger partial charge in [0.1, 0.15) is 0 Å². The number of unbranched alkanes of at least 4 members (excludes halogenated alkanes) is 6. The first-order chi connectivity index (χ1) is 10.4. The maximum Gasteiger partial charge on any atom is 1.00 e. The molecule has 0 spiro atoms. The molecule has 0 aromatic heterocycles. The molecule has 6 heteroatoms. The van der Waals surface area contributed by atoms with E-state index in [0.29, 0.717) is 12.8 Å². The predicted octanol–water partition coefficient (Wildman–Crippen LogP) is 1.38. The Morgan fingerprint density at radius 1 is 0.783 bits per heavy atom. The van der Waals surface area contributed by atoms with Gasteiger partial charge in [-0.1, -0.05) is 71.6 Å². The summed E-state index contributed by atoms with van der Waals surface area (Å²) in [5.74, 6) is 0. The van der Waals surface area contributed by atoms with Crippen LogP contribution in [0.1, 0.15) is 97.3 Å². The van der Waals surface area contributed by atoms with Crippen molar-refractivity contribution in [3.05, 3.63) is 0 Å². The van der Waals surface area contributed by atoms with Crippen LogP contribution < -0.4 is 51.4 Å². The van der Waals surface area contributed by atoms with Gasteiger partial charge in [-0.2, -0.15) is 0 Å². The van der Waals surface area contributed by atoms with E-state index < -0.39 is 15.4 Å². The van der Waals surface area contributed by atoms with Gasteiger partial charge in [-0.05, 0) is 25.7 Å². The topological polar surface area (TPSA) is 77.4 Å². The summed E-state index contributed by atoms with van der Waals surface area (Å²) in [5.41, 5.74) is 0. The Morgan fingerprint density at radius 2 is 1.26 bits per heavy atom. The molecule has 2 unspecified atom stereocenters. The van der Waals surface area contributed by atoms with Crippen LogP contribution in [0.2, 0.25) is 0 Å². The molecule has 0 aliphatic carbocycles. The molecule has 2 atom stereocenters. The molecule has 0 aliphatic rings. The van der Waals surface area contributed by atoms with Crippen LogP contribution in [0.25, 0.3) is 0 Å². The van der Waals surface area contributed by atoms with E-state index in [1.807, 2.05) is 6.92 Å². The van der Waals surface area contributed by atoms with E-state index in [-0.39, 0.29) is 57.5 Å². The van der Waals surface area contributed by atoms with Crippen LogP contribution >= 0.6 is 0 Å². The fourth-order valence-corrected chi connectivity index (χ4v) is 3.73. The number of hydrogen-bond donors (Lipinski definition) is 1. The zero-order chi connectivity index (χ0) is 16.8. The normalized spacial score (nSPS) is 14.3. The second kappa shape index (κ2) is 16.9. The van der Waals surface area contributed by atoms with Crippen molar-refractivity contribution in [3.8, 4) is 0 Å². The second-order valence-corrected chi connectivity index (χ2v) is 8.05. The maximum absolute atomic E-state index is 11.3. The van der Waals surface area contributed by atoms with Crippen molar-refractivity contribution in [1.82, 2.24) is 0 Å². The molecule has 0 heterocycles. The minimum atomic E-state index is -4.17. The SMILES string of the molecule is CCCCCCCC(CCCCCC(O)CCC)S(=O)(=O)[O-].[K+]. The minimum Gasteiger partial charge on any atom is -0.748 e. The van der Waals surface area contributed by atoms with Crippen molar-refractivity contribution in [2.75, 3.05) is 0 Å². The predicted molar refractivity (Wildman–Crippen MR) is 90.9 cm³/mol. The maximum atomic E-state index is 11.3. The average molecular weight is 375 g/mol. The van der Waals surface area contributed by atoms with Crippen molar-refractivity contribution in [2.24, 2.45) is 0 Å². The molecule has 0 saturated heterocycles. The first-order valence-electron chi connectivity index (χ1n) is 9.04. The third-order valence-electron chi connectivity index (χ3n) is 4.22.